The SMILES string of the molecule is CCCCCCCCCCCCCCCC(=O)O[C@H](COC(=O)CCCCCCCCCCCC(C)C)COP(=O)(O)OC[C@@H](O)COP(=O)(O)OC[C@@H](COC(=O)CCCCCCC)OC(=O)CCCCCCCCCCC(C)CC. The summed E-state index contributed by atoms with van der Waals surface area (Å²) in [6.07, 6.45) is 37.8. The molecule has 0 radical (unpaired) electrons. The minimum Gasteiger partial charge on any atom is -0.462 e. The van der Waals surface area contributed by atoms with Crippen LogP contribution in [-0.4, -0.2) is 96.7 Å². The van der Waals surface area contributed by atoms with Crippen molar-refractivity contribution in [1.29, 1.82) is 0 Å². The molecule has 0 aliphatic rings. The van der Waals surface area contributed by atoms with Gasteiger partial charge in [0.25, 0.3) is 0 Å². The predicted molar refractivity (Wildman–Crippen MR) is 326 cm³/mol. The highest BCUT2D eigenvalue weighted by Crippen LogP contribution is 2.45. The molecule has 0 rings (SSSR count). The Morgan fingerprint density at radius 1 is 0.354 bits per heavy atom. The van der Waals surface area contributed by atoms with Crippen LogP contribution < -0.4 is 0 Å². The second kappa shape index (κ2) is 55.6. The summed E-state index contributed by atoms with van der Waals surface area (Å²) in [6, 6.07) is 0. The van der Waals surface area contributed by atoms with Gasteiger partial charge in [-0.15, -0.1) is 0 Å². The highest BCUT2D eigenvalue weighted by Gasteiger charge is 2.30. The topological polar surface area (TPSA) is 237 Å². The van der Waals surface area contributed by atoms with Crippen LogP contribution in [0.4, 0.5) is 0 Å². The Bertz CT molecular complexity index is 1620. The van der Waals surface area contributed by atoms with Crippen LogP contribution in [0.3, 0.4) is 0 Å². The first-order valence-corrected chi connectivity index (χ1v) is 36.0. The van der Waals surface area contributed by atoms with E-state index in [-0.39, 0.29) is 25.7 Å². The smallest absolute Gasteiger partial charge is 0.462 e. The average Bonchev–Trinajstić information content (AvgIpc) is 3.44. The van der Waals surface area contributed by atoms with Crippen molar-refractivity contribution in [2.24, 2.45) is 11.8 Å². The van der Waals surface area contributed by atoms with Crippen molar-refractivity contribution >= 4 is 39.5 Å². The van der Waals surface area contributed by atoms with E-state index in [0.29, 0.717) is 25.7 Å². The van der Waals surface area contributed by atoms with E-state index >= 15 is 0 Å². The summed E-state index contributed by atoms with van der Waals surface area (Å²) in [5, 5.41) is 10.5. The summed E-state index contributed by atoms with van der Waals surface area (Å²) in [4.78, 5) is 72.0. The van der Waals surface area contributed by atoms with Crippen LogP contribution in [0, 0.1) is 11.8 Å². The second-order valence-electron chi connectivity index (χ2n) is 23.5. The number of carbonyl (C=O) groups is 4. The van der Waals surface area contributed by atoms with Gasteiger partial charge in [-0.1, -0.05) is 260 Å². The Labute approximate surface area is 498 Å². The van der Waals surface area contributed by atoms with Crippen LogP contribution >= 0.6 is 15.6 Å². The Hall–Kier alpha value is -1.94. The third-order valence-electron chi connectivity index (χ3n) is 14.8. The van der Waals surface area contributed by atoms with Crippen LogP contribution in [0.25, 0.3) is 0 Å². The van der Waals surface area contributed by atoms with Crippen LogP contribution in [0.15, 0.2) is 0 Å². The van der Waals surface area contributed by atoms with E-state index in [0.717, 1.165) is 108 Å². The van der Waals surface area contributed by atoms with E-state index in [9.17, 15) is 43.2 Å². The minimum atomic E-state index is -4.94. The number of aliphatic hydroxyl groups excluding tert-OH is 1. The van der Waals surface area contributed by atoms with Gasteiger partial charge in [-0.25, -0.2) is 9.13 Å². The zero-order valence-electron chi connectivity index (χ0n) is 52.8. The van der Waals surface area contributed by atoms with Gasteiger partial charge in [0.15, 0.2) is 12.2 Å². The number of esters is 4. The number of carbonyl (C=O) groups excluding carboxylic acids is 4. The summed E-state index contributed by atoms with van der Waals surface area (Å²) >= 11 is 0. The Morgan fingerprint density at radius 3 is 0.927 bits per heavy atom. The monoisotopic (exact) mass is 1210 g/mol. The van der Waals surface area contributed by atoms with Crippen molar-refractivity contribution in [3.05, 3.63) is 0 Å². The highest BCUT2D eigenvalue weighted by molar-refractivity contribution is 7.47. The number of ether oxygens (including phenoxy) is 4. The maximum Gasteiger partial charge on any atom is 0.472 e. The number of hydrogen-bond donors (Lipinski definition) is 3. The van der Waals surface area contributed by atoms with Gasteiger partial charge in [-0.05, 0) is 37.5 Å². The van der Waals surface area contributed by atoms with Crippen LogP contribution in [0.2, 0.25) is 0 Å². The zero-order valence-corrected chi connectivity index (χ0v) is 54.6. The lowest BCUT2D eigenvalue weighted by molar-refractivity contribution is -0.161. The summed E-state index contributed by atoms with van der Waals surface area (Å²) < 4.78 is 67.8. The van der Waals surface area contributed by atoms with Gasteiger partial charge in [-0.3, -0.25) is 37.3 Å². The molecule has 0 fully saturated rings. The quantitative estimate of drug-likeness (QED) is 0.0222. The van der Waals surface area contributed by atoms with E-state index in [4.69, 9.17) is 37.0 Å². The van der Waals surface area contributed by atoms with E-state index < -0.39 is 97.5 Å². The molecule has 0 aromatic heterocycles. The molecule has 0 heterocycles. The maximum absolute atomic E-state index is 13.0. The first-order valence-electron chi connectivity index (χ1n) is 33.0. The van der Waals surface area contributed by atoms with E-state index in [2.05, 4.69) is 41.5 Å². The summed E-state index contributed by atoms with van der Waals surface area (Å²) in [5.41, 5.74) is 0. The molecule has 0 aromatic rings. The van der Waals surface area contributed by atoms with Crippen molar-refractivity contribution in [1.82, 2.24) is 0 Å². The summed E-state index contributed by atoms with van der Waals surface area (Å²) in [6.45, 7) is 9.38. The molecule has 0 amide bonds. The Morgan fingerprint density at radius 2 is 0.622 bits per heavy atom. The van der Waals surface area contributed by atoms with Gasteiger partial charge >= 0.3 is 39.5 Å². The molecule has 0 saturated heterocycles. The molecule has 0 saturated carbocycles. The number of unbranched alkanes of at least 4 members (excludes halogenated alkanes) is 31. The molecular weight excluding hydrogens is 1090 g/mol. The zero-order chi connectivity index (χ0) is 60.8. The molecule has 19 heteroatoms. The second-order valence-corrected chi connectivity index (χ2v) is 26.4. The average molecular weight is 1210 g/mol. The Balaban J connectivity index is 5.19. The minimum absolute atomic E-state index is 0.104. The lowest BCUT2D eigenvalue weighted by atomic mass is 9.99. The fourth-order valence-corrected chi connectivity index (χ4v) is 10.9. The fraction of sp³-hybridized carbons (Fsp3) is 0.937. The van der Waals surface area contributed by atoms with Gasteiger partial charge in [0.2, 0.25) is 0 Å². The molecule has 6 atom stereocenters. The number of phosphoric acid groups is 2. The predicted octanol–water partition coefficient (Wildman–Crippen LogP) is 17.3. The molecule has 0 bridgehead atoms. The molecular formula is C63H122O17P2. The molecule has 17 nitrogen and oxygen atoms in total. The van der Waals surface area contributed by atoms with Crippen molar-refractivity contribution < 1.29 is 80.2 Å². The van der Waals surface area contributed by atoms with Crippen molar-refractivity contribution in [3.63, 3.8) is 0 Å². The van der Waals surface area contributed by atoms with E-state index in [1.54, 1.807) is 0 Å². The molecule has 0 aliphatic heterocycles. The number of rotatable bonds is 62. The Kier molecular flexibility index (Phi) is 54.3. The van der Waals surface area contributed by atoms with E-state index in [1.165, 1.54) is 122 Å². The standard InChI is InChI=1S/C63H122O17P2/c1-7-10-12-14-15-16-17-18-19-22-29-35-41-47-62(67)80-59(52-74-61(66)46-40-34-28-23-20-21-26-32-37-43-55(4)5)54-78-82(71,72)76-50-57(64)49-75-81(69,70)77-53-58(51-73-60(65)45-39-31-13-11-8-2)79-63(68)48-42-36-30-25-24-27-33-38-44-56(6)9-3/h55-59,64H,7-54H2,1-6H3,(H,69,70)(H,71,72)/t56?,57-,58+,59+/m0/s1. The van der Waals surface area contributed by atoms with Gasteiger partial charge < -0.3 is 33.8 Å². The third-order valence-corrected chi connectivity index (χ3v) is 16.7. The number of phosphoric ester groups is 2. The van der Waals surface area contributed by atoms with Crippen molar-refractivity contribution in [3.8, 4) is 0 Å². The van der Waals surface area contributed by atoms with Gasteiger partial charge in [-0.2, -0.15) is 0 Å². The van der Waals surface area contributed by atoms with Crippen LogP contribution in [0.1, 0.15) is 311 Å². The molecule has 82 heavy (non-hydrogen) atoms. The fourth-order valence-electron chi connectivity index (χ4n) is 9.32. The molecule has 3 unspecified atom stereocenters. The van der Waals surface area contributed by atoms with Crippen molar-refractivity contribution in [2.75, 3.05) is 39.6 Å². The summed E-state index contributed by atoms with van der Waals surface area (Å²) in [7, 11) is -9.88. The van der Waals surface area contributed by atoms with Gasteiger partial charge in [0, 0.05) is 25.7 Å². The summed E-state index contributed by atoms with van der Waals surface area (Å²) in [5.74, 6) is -0.632. The number of hydrogen-bond acceptors (Lipinski definition) is 15. The molecule has 0 aromatic carbocycles. The normalized spacial score (nSPS) is 14.7. The molecule has 3 N–H and O–H groups in total. The van der Waals surface area contributed by atoms with Crippen molar-refractivity contribution in [2.45, 2.75) is 330 Å². The lowest BCUT2D eigenvalue weighted by Crippen LogP contribution is -2.30. The molecule has 0 spiro atoms. The van der Waals surface area contributed by atoms with Gasteiger partial charge in [0.1, 0.15) is 19.3 Å². The largest absolute Gasteiger partial charge is 0.472 e. The lowest BCUT2D eigenvalue weighted by Gasteiger charge is -2.21. The molecule has 0 aliphatic carbocycles. The highest BCUT2D eigenvalue weighted by atomic mass is 31.2. The van der Waals surface area contributed by atoms with Crippen LogP contribution in [-0.2, 0) is 65.4 Å². The van der Waals surface area contributed by atoms with Crippen LogP contribution in [0.5, 0.6) is 0 Å². The van der Waals surface area contributed by atoms with Gasteiger partial charge in [0.05, 0.1) is 26.4 Å². The third kappa shape index (κ3) is 55.9. The van der Waals surface area contributed by atoms with E-state index in [1.807, 2.05) is 0 Å². The first kappa shape index (κ1) is 80.1. The first-order chi connectivity index (χ1) is 39.4. The number of aliphatic hydroxyl groups is 1. The maximum atomic E-state index is 13.0. The molecule has 486 valence electrons.